The van der Waals surface area contributed by atoms with E-state index in [1.807, 2.05) is 11.0 Å². The van der Waals surface area contributed by atoms with Crippen LogP contribution in [0.2, 0.25) is 0 Å². The van der Waals surface area contributed by atoms with Crippen LogP contribution in [0.25, 0.3) is 0 Å². The summed E-state index contributed by atoms with van der Waals surface area (Å²) in [5.74, 6) is 0.880. The third-order valence-corrected chi connectivity index (χ3v) is 5.49. The van der Waals surface area contributed by atoms with E-state index in [-0.39, 0.29) is 6.03 Å². The molecule has 0 unspecified atom stereocenters. The van der Waals surface area contributed by atoms with Crippen molar-refractivity contribution in [3.8, 4) is 0 Å². The number of nitrogens with one attached hydrogen (secondary N) is 1. The smallest absolute Gasteiger partial charge is 0.317 e. The summed E-state index contributed by atoms with van der Waals surface area (Å²) >= 11 is 0. The van der Waals surface area contributed by atoms with Gasteiger partial charge >= 0.3 is 6.03 Å². The van der Waals surface area contributed by atoms with Crippen molar-refractivity contribution < 1.29 is 4.79 Å². The lowest BCUT2D eigenvalue weighted by Gasteiger charge is -2.36. The van der Waals surface area contributed by atoms with Gasteiger partial charge in [0.1, 0.15) is 0 Å². The fourth-order valence-electron chi connectivity index (χ4n) is 3.70. The zero-order chi connectivity index (χ0) is 17.5. The number of para-hydroxylation sites is 1. The largest absolute Gasteiger partial charge is 0.368 e. The van der Waals surface area contributed by atoms with Gasteiger partial charge in [0.25, 0.3) is 0 Å². The molecule has 138 valence electrons. The highest BCUT2D eigenvalue weighted by Gasteiger charge is 2.21. The number of urea groups is 1. The van der Waals surface area contributed by atoms with Gasteiger partial charge < -0.3 is 20.0 Å². The minimum atomic E-state index is 0.0972. The molecule has 0 aromatic heterocycles. The zero-order valence-corrected chi connectivity index (χ0v) is 15.5. The molecule has 0 atom stereocenters. The Kier molecular flexibility index (Phi) is 6.56. The van der Waals surface area contributed by atoms with Crippen LogP contribution >= 0.6 is 0 Å². The number of hydrogen-bond acceptors (Lipinski definition) is 3. The molecular weight excluding hydrogens is 312 g/mol. The third-order valence-electron chi connectivity index (χ3n) is 5.49. The summed E-state index contributed by atoms with van der Waals surface area (Å²) in [4.78, 5) is 19.1. The Balaban J connectivity index is 1.30. The second-order valence-electron chi connectivity index (χ2n) is 7.42. The van der Waals surface area contributed by atoms with E-state index in [9.17, 15) is 4.79 Å². The van der Waals surface area contributed by atoms with Gasteiger partial charge in [-0.3, -0.25) is 0 Å². The van der Waals surface area contributed by atoms with Crippen molar-refractivity contribution in [3.63, 3.8) is 0 Å². The molecular formula is C20H32N4O. The summed E-state index contributed by atoms with van der Waals surface area (Å²) in [6, 6.07) is 10.5. The van der Waals surface area contributed by atoms with Gasteiger partial charge in [-0.15, -0.1) is 0 Å². The number of piperazine rings is 1. The van der Waals surface area contributed by atoms with Gasteiger partial charge in [-0.05, 0) is 56.9 Å². The molecule has 2 amide bonds. The van der Waals surface area contributed by atoms with Crippen molar-refractivity contribution in [2.24, 2.45) is 5.92 Å². The maximum absolute atomic E-state index is 12.3. The molecule has 1 aromatic rings. The first-order chi connectivity index (χ1) is 12.2. The molecule has 25 heavy (non-hydrogen) atoms. The van der Waals surface area contributed by atoms with Gasteiger partial charge in [0.2, 0.25) is 0 Å². The lowest BCUT2D eigenvalue weighted by atomic mass is 9.99. The number of carbonyl (C=O) groups excluding carboxylic acids is 1. The average molecular weight is 345 g/mol. The topological polar surface area (TPSA) is 38.8 Å². The standard InChI is InChI=1S/C20H32N4O/c1-18-8-12-22(13-9-18)11-5-10-21-20(25)24-16-14-23(15-17-24)19-6-3-2-4-7-19/h2-4,6-7,18H,5,8-17H2,1H3,(H,21,25). The second-order valence-corrected chi connectivity index (χ2v) is 7.42. The van der Waals surface area contributed by atoms with Crippen LogP contribution in [0.1, 0.15) is 26.2 Å². The molecule has 0 spiro atoms. The van der Waals surface area contributed by atoms with E-state index < -0.39 is 0 Å². The number of carbonyl (C=O) groups is 1. The van der Waals surface area contributed by atoms with Gasteiger partial charge in [0.15, 0.2) is 0 Å². The average Bonchev–Trinajstić information content (AvgIpc) is 2.67. The summed E-state index contributed by atoms with van der Waals surface area (Å²) < 4.78 is 0. The van der Waals surface area contributed by atoms with Crippen molar-refractivity contribution in [1.82, 2.24) is 15.1 Å². The monoisotopic (exact) mass is 344 g/mol. The van der Waals surface area contributed by atoms with Crippen molar-refractivity contribution in [2.45, 2.75) is 26.2 Å². The number of piperidine rings is 1. The molecule has 1 aromatic carbocycles. The molecule has 5 heteroatoms. The Morgan fingerprint density at radius 2 is 1.72 bits per heavy atom. The van der Waals surface area contributed by atoms with Crippen LogP contribution in [0.4, 0.5) is 10.5 Å². The highest BCUT2D eigenvalue weighted by molar-refractivity contribution is 5.74. The van der Waals surface area contributed by atoms with Crippen LogP contribution in [0, 0.1) is 5.92 Å². The number of benzene rings is 1. The Morgan fingerprint density at radius 3 is 2.40 bits per heavy atom. The van der Waals surface area contributed by atoms with E-state index in [1.165, 1.54) is 31.6 Å². The predicted molar refractivity (Wildman–Crippen MR) is 103 cm³/mol. The van der Waals surface area contributed by atoms with Gasteiger partial charge in [-0.1, -0.05) is 25.1 Å². The Hall–Kier alpha value is -1.75. The predicted octanol–water partition coefficient (Wildman–Crippen LogP) is 2.64. The molecule has 5 nitrogen and oxygen atoms in total. The fourth-order valence-corrected chi connectivity index (χ4v) is 3.70. The zero-order valence-electron chi connectivity index (χ0n) is 15.5. The summed E-state index contributed by atoms with van der Waals surface area (Å²) in [6.45, 7) is 10.1. The number of amides is 2. The first kappa shape index (κ1) is 18.1. The van der Waals surface area contributed by atoms with E-state index in [2.05, 4.69) is 46.3 Å². The molecule has 0 radical (unpaired) electrons. The van der Waals surface area contributed by atoms with Crippen LogP contribution in [0.5, 0.6) is 0 Å². The molecule has 0 aliphatic carbocycles. The van der Waals surface area contributed by atoms with E-state index in [0.29, 0.717) is 0 Å². The number of likely N-dealkylation sites (tertiary alicyclic amines) is 1. The molecule has 2 aliphatic heterocycles. The van der Waals surface area contributed by atoms with Crippen LogP contribution < -0.4 is 10.2 Å². The second kappa shape index (κ2) is 9.09. The third kappa shape index (κ3) is 5.36. The van der Waals surface area contributed by atoms with Gasteiger partial charge in [0.05, 0.1) is 0 Å². The van der Waals surface area contributed by atoms with Crippen molar-refractivity contribution in [2.75, 3.05) is 57.3 Å². The van der Waals surface area contributed by atoms with Crippen LogP contribution in [-0.4, -0.2) is 68.2 Å². The van der Waals surface area contributed by atoms with E-state index in [0.717, 1.165) is 51.6 Å². The van der Waals surface area contributed by atoms with Gasteiger partial charge in [0, 0.05) is 38.4 Å². The molecule has 1 N–H and O–H groups in total. The molecule has 2 saturated heterocycles. The lowest BCUT2D eigenvalue weighted by Crippen LogP contribution is -2.52. The highest BCUT2D eigenvalue weighted by Crippen LogP contribution is 2.16. The summed E-state index contributed by atoms with van der Waals surface area (Å²) in [5, 5.41) is 3.10. The van der Waals surface area contributed by atoms with Crippen molar-refractivity contribution >= 4 is 11.7 Å². The van der Waals surface area contributed by atoms with Crippen molar-refractivity contribution in [3.05, 3.63) is 30.3 Å². The summed E-state index contributed by atoms with van der Waals surface area (Å²) in [7, 11) is 0. The van der Waals surface area contributed by atoms with Crippen LogP contribution in [0.15, 0.2) is 30.3 Å². The maximum atomic E-state index is 12.3. The Bertz CT molecular complexity index is 520. The number of nitrogens with zero attached hydrogens (tertiary/aromatic N) is 3. The first-order valence-electron chi connectivity index (χ1n) is 9.77. The quantitative estimate of drug-likeness (QED) is 0.835. The van der Waals surface area contributed by atoms with E-state index >= 15 is 0 Å². The SMILES string of the molecule is CC1CCN(CCCNC(=O)N2CCN(c3ccccc3)CC2)CC1. The number of rotatable bonds is 5. The normalized spacial score (nSPS) is 19.9. The molecule has 2 fully saturated rings. The minimum Gasteiger partial charge on any atom is -0.368 e. The van der Waals surface area contributed by atoms with E-state index in [4.69, 9.17) is 0 Å². The molecule has 2 aliphatic rings. The molecule has 0 saturated carbocycles. The minimum absolute atomic E-state index is 0.0972. The lowest BCUT2D eigenvalue weighted by molar-refractivity contribution is 0.184. The Labute approximate surface area is 152 Å². The molecule has 0 bridgehead atoms. The Morgan fingerprint density at radius 1 is 1.04 bits per heavy atom. The van der Waals surface area contributed by atoms with Crippen LogP contribution in [0.3, 0.4) is 0 Å². The van der Waals surface area contributed by atoms with Crippen LogP contribution in [-0.2, 0) is 0 Å². The highest BCUT2D eigenvalue weighted by atomic mass is 16.2. The van der Waals surface area contributed by atoms with Gasteiger partial charge in [-0.2, -0.15) is 0 Å². The maximum Gasteiger partial charge on any atom is 0.317 e. The van der Waals surface area contributed by atoms with Crippen molar-refractivity contribution in [1.29, 1.82) is 0 Å². The fraction of sp³-hybridized carbons (Fsp3) is 0.650. The summed E-state index contributed by atoms with van der Waals surface area (Å²) in [6.07, 6.45) is 3.68. The molecule has 2 heterocycles. The first-order valence-corrected chi connectivity index (χ1v) is 9.77. The van der Waals surface area contributed by atoms with Gasteiger partial charge in [-0.25, -0.2) is 4.79 Å². The molecule has 3 rings (SSSR count). The number of hydrogen-bond donors (Lipinski definition) is 1. The number of anilines is 1. The van der Waals surface area contributed by atoms with E-state index in [1.54, 1.807) is 0 Å². The summed E-state index contributed by atoms with van der Waals surface area (Å²) in [5.41, 5.74) is 1.25.